The molecule has 1 amide bonds. The van der Waals surface area contributed by atoms with Crippen LogP contribution in [-0.2, 0) is 0 Å². The van der Waals surface area contributed by atoms with Crippen LogP contribution in [0.5, 0.6) is 0 Å². The first-order chi connectivity index (χ1) is 8.02. The molecule has 0 aromatic carbocycles. The van der Waals surface area contributed by atoms with Crippen molar-refractivity contribution in [2.75, 3.05) is 27.2 Å². The van der Waals surface area contributed by atoms with Gasteiger partial charge in [-0.25, -0.2) is 9.78 Å². The number of carboxylic acid groups (broad SMARTS) is 1. The Kier molecular flexibility index (Phi) is 4.65. The molecular formula is C10H16N4O3. The first-order valence-electron chi connectivity index (χ1n) is 5.22. The van der Waals surface area contributed by atoms with Gasteiger partial charge in [-0.3, -0.25) is 4.79 Å². The van der Waals surface area contributed by atoms with Gasteiger partial charge in [-0.2, -0.15) is 0 Å². The molecule has 94 valence electrons. The number of H-pyrrole nitrogens is 1. The highest BCUT2D eigenvalue weighted by Crippen LogP contribution is 2.02. The third-order valence-corrected chi connectivity index (χ3v) is 2.14. The average molecular weight is 240 g/mol. The molecule has 0 unspecified atom stereocenters. The van der Waals surface area contributed by atoms with E-state index in [0.29, 0.717) is 6.54 Å². The maximum atomic E-state index is 11.6. The first kappa shape index (κ1) is 13.2. The van der Waals surface area contributed by atoms with Crippen molar-refractivity contribution in [1.82, 2.24) is 20.2 Å². The van der Waals surface area contributed by atoms with Crippen molar-refractivity contribution in [3.63, 3.8) is 0 Å². The first-order valence-corrected chi connectivity index (χ1v) is 5.22. The van der Waals surface area contributed by atoms with E-state index in [1.165, 1.54) is 6.33 Å². The van der Waals surface area contributed by atoms with E-state index < -0.39 is 11.9 Å². The van der Waals surface area contributed by atoms with Gasteiger partial charge in [0.25, 0.3) is 5.91 Å². The maximum absolute atomic E-state index is 11.6. The second-order valence-electron chi connectivity index (χ2n) is 3.84. The summed E-state index contributed by atoms with van der Waals surface area (Å²) in [6, 6.07) is 0. The van der Waals surface area contributed by atoms with Gasteiger partial charge in [0.05, 0.1) is 6.33 Å². The minimum absolute atomic E-state index is 0.0812. The molecule has 7 nitrogen and oxygen atoms in total. The van der Waals surface area contributed by atoms with E-state index in [4.69, 9.17) is 5.11 Å². The van der Waals surface area contributed by atoms with Crippen LogP contribution in [0.2, 0.25) is 0 Å². The molecular weight excluding hydrogens is 224 g/mol. The van der Waals surface area contributed by atoms with E-state index in [9.17, 15) is 9.59 Å². The summed E-state index contributed by atoms with van der Waals surface area (Å²) in [5.74, 6) is -1.66. The predicted molar refractivity (Wildman–Crippen MR) is 61.1 cm³/mol. The fraction of sp³-hybridized carbons (Fsp3) is 0.500. The van der Waals surface area contributed by atoms with Gasteiger partial charge in [0, 0.05) is 6.54 Å². The summed E-state index contributed by atoms with van der Waals surface area (Å²) in [5.41, 5.74) is -0.266. The van der Waals surface area contributed by atoms with E-state index in [-0.39, 0.29) is 11.4 Å². The molecule has 7 heteroatoms. The number of hydrogen-bond donors (Lipinski definition) is 3. The number of imidazole rings is 1. The van der Waals surface area contributed by atoms with Gasteiger partial charge in [-0.15, -0.1) is 0 Å². The monoisotopic (exact) mass is 240 g/mol. The summed E-state index contributed by atoms with van der Waals surface area (Å²) >= 11 is 0. The lowest BCUT2D eigenvalue weighted by Crippen LogP contribution is -2.28. The fourth-order valence-corrected chi connectivity index (χ4v) is 1.31. The minimum Gasteiger partial charge on any atom is -0.477 e. The summed E-state index contributed by atoms with van der Waals surface area (Å²) in [7, 11) is 3.89. The summed E-state index contributed by atoms with van der Waals surface area (Å²) in [6.45, 7) is 1.34. The van der Waals surface area contributed by atoms with Crippen LogP contribution in [0.3, 0.4) is 0 Å². The van der Waals surface area contributed by atoms with E-state index in [0.717, 1.165) is 13.0 Å². The standard InChI is InChI=1S/C10H16N4O3/c1-14(2)5-3-4-11-9(15)7-8(10(16)17)13-6-12-7/h6H,3-5H2,1-2H3,(H,11,15)(H,12,13)(H,16,17). The Morgan fingerprint density at radius 1 is 1.53 bits per heavy atom. The molecule has 3 N–H and O–H groups in total. The van der Waals surface area contributed by atoms with Crippen molar-refractivity contribution >= 4 is 11.9 Å². The van der Waals surface area contributed by atoms with Crippen LogP contribution >= 0.6 is 0 Å². The molecule has 1 rings (SSSR count). The Bertz CT molecular complexity index is 400. The SMILES string of the molecule is CN(C)CCCNC(=O)c1nc[nH]c1C(=O)O. The number of rotatable bonds is 6. The second-order valence-corrected chi connectivity index (χ2v) is 3.84. The molecule has 17 heavy (non-hydrogen) atoms. The smallest absolute Gasteiger partial charge is 0.354 e. The van der Waals surface area contributed by atoms with Crippen molar-refractivity contribution in [3.05, 3.63) is 17.7 Å². The van der Waals surface area contributed by atoms with Gasteiger partial charge in [0.15, 0.2) is 11.4 Å². The van der Waals surface area contributed by atoms with Gasteiger partial charge in [-0.1, -0.05) is 0 Å². The molecule has 0 aliphatic carbocycles. The number of carbonyl (C=O) groups is 2. The highest BCUT2D eigenvalue weighted by atomic mass is 16.4. The van der Waals surface area contributed by atoms with E-state index in [1.807, 2.05) is 19.0 Å². The number of aromatic nitrogens is 2. The third-order valence-electron chi connectivity index (χ3n) is 2.14. The highest BCUT2D eigenvalue weighted by Gasteiger charge is 2.18. The molecule has 0 bridgehead atoms. The summed E-state index contributed by atoms with van der Waals surface area (Å²) < 4.78 is 0. The van der Waals surface area contributed by atoms with Crippen LogP contribution in [0.4, 0.5) is 0 Å². The largest absolute Gasteiger partial charge is 0.477 e. The third kappa shape index (κ3) is 3.87. The van der Waals surface area contributed by atoms with E-state index in [2.05, 4.69) is 15.3 Å². The van der Waals surface area contributed by atoms with E-state index >= 15 is 0 Å². The molecule has 0 saturated carbocycles. The van der Waals surface area contributed by atoms with Crippen LogP contribution in [0.25, 0.3) is 0 Å². The zero-order valence-corrected chi connectivity index (χ0v) is 9.86. The number of hydrogen-bond acceptors (Lipinski definition) is 4. The van der Waals surface area contributed by atoms with Crippen LogP contribution < -0.4 is 5.32 Å². The molecule has 0 fully saturated rings. The summed E-state index contributed by atoms with van der Waals surface area (Å²) in [6.07, 6.45) is 1.99. The number of aromatic amines is 1. The Morgan fingerprint density at radius 2 is 2.24 bits per heavy atom. The molecule has 0 atom stereocenters. The number of nitrogens with one attached hydrogen (secondary N) is 2. The Morgan fingerprint density at radius 3 is 2.82 bits per heavy atom. The lowest BCUT2D eigenvalue weighted by molar-refractivity contribution is 0.0685. The summed E-state index contributed by atoms with van der Waals surface area (Å²) in [4.78, 5) is 30.5. The second kappa shape index (κ2) is 6.00. The molecule has 0 aliphatic rings. The maximum Gasteiger partial charge on any atom is 0.354 e. The number of carboxylic acids is 1. The van der Waals surface area contributed by atoms with Crippen molar-refractivity contribution < 1.29 is 14.7 Å². The van der Waals surface area contributed by atoms with Gasteiger partial charge >= 0.3 is 5.97 Å². The molecule has 1 aromatic heterocycles. The molecule has 1 heterocycles. The number of aromatic carboxylic acids is 1. The molecule has 0 saturated heterocycles. The Hall–Kier alpha value is -1.89. The van der Waals surface area contributed by atoms with E-state index in [1.54, 1.807) is 0 Å². The topological polar surface area (TPSA) is 98.3 Å². The van der Waals surface area contributed by atoms with Crippen molar-refractivity contribution in [1.29, 1.82) is 0 Å². The molecule has 0 radical (unpaired) electrons. The summed E-state index contributed by atoms with van der Waals surface area (Å²) in [5, 5.41) is 11.4. The molecule has 0 spiro atoms. The van der Waals surface area contributed by atoms with Crippen LogP contribution in [0, 0.1) is 0 Å². The van der Waals surface area contributed by atoms with Crippen molar-refractivity contribution in [2.24, 2.45) is 0 Å². The predicted octanol–water partition coefficient (Wildman–Crippen LogP) is -0.211. The van der Waals surface area contributed by atoms with Gasteiger partial charge in [0.1, 0.15) is 0 Å². The van der Waals surface area contributed by atoms with Crippen molar-refractivity contribution in [2.45, 2.75) is 6.42 Å². The average Bonchev–Trinajstić information content (AvgIpc) is 2.72. The lowest BCUT2D eigenvalue weighted by atomic mass is 10.3. The number of carbonyl (C=O) groups excluding carboxylic acids is 1. The Balaban J connectivity index is 2.47. The number of amides is 1. The van der Waals surface area contributed by atoms with Crippen LogP contribution in [0.15, 0.2) is 6.33 Å². The molecule has 0 aliphatic heterocycles. The number of nitrogens with zero attached hydrogens (tertiary/aromatic N) is 2. The quantitative estimate of drug-likeness (QED) is 0.598. The van der Waals surface area contributed by atoms with Gasteiger partial charge in [-0.05, 0) is 27.1 Å². The van der Waals surface area contributed by atoms with Crippen LogP contribution in [0.1, 0.15) is 27.4 Å². The minimum atomic E-state index is -1.19. The van der Waals surface area contributed by atoms with Crippen LogP contribution in [-0.4, -0.2) is 59.0 Å². The van der Waals surface area contributed by atoms with Gasteiger partial charge in [0.2, 0.25) is 0 Å². The zero-order valence-electron chi connectivity index (χ0n) is 9.86. The fourth-order valence-electron chi connectivity index (χ4n) is 1.31. The molecule has 1 aromatic rings. The zero-order chi connectivity index (χ0) is 12.8. The normalized spacial score (nSPS) is 10.5. The highest BCUT2D eigenvalue weighted by molar-refractivity contribution is 6.02. The van der Waals surface area contributed by atoms with Crippen molar-refractivity contribution in [3.8, 4) is 0 Å². The lowest BCUT2D eigenvalue weighted by Gasteiger charge is -2.09. The Labute approximate surface area is 98.8 Å². The van der Waals surface area contributed by atoms with Gasteiger partial charge < -0.3 is 20.3 Å².